The van der Waals surface area contributed by atoms with Crippen LogP contribution < -0.4 is 4.90 Å². The Balaban J connectivity index is 1.67. The first kappa shape index (κ1) is 18.8. The summed E-state index contributed by atoms with van der Waals surface area (Å²) in [5, 5.41) is 10.8. The summed E-state index contributed by atoms with van der Waals surface area (Å²) in [7, 11) is 0. The fourth-order valence-electron chi connectivity index (χ4n) is 3.99. The van der Waals surface area contributed by atoms with Gasteiger partial charge in [0.05, 0.1) is 40.5 Å². The van der Waals surface area contributed by atoms with E-state index in [1.165, 1.54) is 30.3 Å². The van der Waals surface area contributed by atoms with E-state index in [1.807, 2.05) is 6.92 Å². The van der Waals surface area contributed by atoms with Gasteiger partial charge in [-0.05, 0) is 18.6 Å². The van der Waals surface area contributed by atoms with Gasteiger partial charge in [0, 0.05) is 12.1 Å². The third-order valence-electron chi connectivity index (χ3n) is 5.28. The van der Waals surface area contributed by atoms with Gasteiger partial charge in [-0.2, -0.15) is 0 Å². The third-order valence-corrected chi connectivity index (χ3v) is 5.28. The lowest BCUT2D eigenvalue weighted by Gasteiger charge is -2.39. The number of carbonyl (C=O) groups is 4. The second-order valence-electron chi connectivity index (χ2n) is 6.98. The number of anilines is 1. The van der Waals surface area contributed by atoms with Gasteiger partial charge in [-0.3, -0.25) is 24.5 Å². The van der Waals surface area contributed by atoms with Crippen LogP contribution in [0.3, 0.4) is 0 Å². The number of fused-ring (bicyclic) bond motifs is 1. The Morgan fingerprint density at radius 1 is 1.17 bits per heavy atom. The Hall–Kier alpha value is -3.56. The summed E-state index contributed by atoms with van der Waals surface area (Å²) in [6, 6.07) is 4.94. The molecule has 3 heterocycles. The van der Waals surface area contributed by atoms with E-state index < -0.39 is 52.5 Å². The lowest BCUT2D eigenvalue weighted by atomic mass is 9.70. The van der Waals surface area contributed by atoms with Gasteiger partial charge in [0.1, 0.15) is 6.10 Å². The molecular formula is C19H16N2O8. The zero-order valence-corrected chi connectivity index (χ0v) is 15.3. The van der Waals surface area contributed by atoms with E-state index in [9.17, 15) is 29.3 Å². The van der Waals surface area contributed by atoms with Crippen molar-refractivity contribution in [3.8, 4) is 0 Å². The number of nitrogens with zero attached hydrogens (tertiary/aromatic N) is 2. The van der Waals surface area contributed by atoms with E-state index in [-0.39, 0.29) is 23.6 Å². The Morgan fingerprint density at radius 2 is 1.83 bits per heavy atom. The molecule has 0 saturated carbocycles. The number of non-ortho nitro benzene ring substituents is 1. The van der Waals surface area contributed by atoms with Gasteiger partial charge in [0.25, 0.3) is 5.69 Å². The second kappa shape index (κ2) is 6.80. The number of hydrogen-bond donors (Lipinski definition) is 0. The summed E-state index contributed by atoms with van der Waals surface area (Å²) in [5.74, 6) is -5.64. The molecule has 0 aromatic heterocycles. The average molecular weight is 400 g/mol. The first-order valence-electron chi connectivity index (χ1n) is 9.06. The van der Waals surface area contributed by atoms with Crippen LogP contribution in [0.2, 0.25) is 0 Å². The lowest BCUT2D eigenvalue weighted by molar-refractivity contribution is -0.384. The van der Waals surface area contributed by atoms with E-state index in [0.29, 0.717) is 6.42 Å². The number of rotatable bonds is 5. The molecule has 3 aliphatic heterocycles. The van der Waals surface area contributed by atoms with Crippen LogP contribution >= 0.6 is 0 Å². The number of nitro groups is 1. The summed E-state index contributed by atoms with van der Waals surface area (Å²) < 4.78 is 10.4. The van der Waals surface area contributed by atoms with Crippen molar-refractivity contribution in [3.05, 3.63) is 46.0 Å². The smallest absolute Gasteiger partial charge is 0.337 e. The highest BCUT2D eigenvalue weighted by Gasteiger charge is 2.64. The highest BCUT2D eigenvalue weighted by Crippen LogP contribution is 2.48. The zero-order chi connectivity index (χ0) is 20.9. The largest absolute Gasteiger partial charge is 0.462 e. The van der Waals surface area contributed by atoms with Crippen molar-refractivity contribution in [2.24, 2.45) is 17.8 Å². The summed E-state index contributed by atoms with van der Waals surface area (Å²) in [4.78, 5) is 61.7. The summed E-state index contributed by atoms with van der Waals surface area (Å²) in [6.07, 6.45) is 0.770. The first-order chi connectivity index (χ1) is 13.8. The maximum Gasteiger partial charge on any atom is 0.337 e. The van der Waals surface area contributed by atoms with Crippen molar-refractivity contribution < 1.29 is 33.6 Å². The van der Waals surface area contributed by atoms with Gasteiger partial charge in [-0.15, -0.1) is 0 Å². The Morgan fingerprint density at radius 3 is 2.45 bits per heavy atom. The minimum atomic E-state index is -1.19. The molecule has 0 N–H and O–H groups in total. The standard InChI is InChI=1S/C19H16N2O8/c1-2-7-28-18(24)12-8-11-13-14(15(12)29-19(11)25)17(23)20(16(13)22)9-3-5-10(6-4-9)21(26)27/h3-6,8,11,13-15H,2,7H2,1H3/t11-,13?,14?,15-/m0/s1. The topological polar surface area (TPSA) is 133 Å². The van der Waals surface area contributed by atoms with Crippen molar-refractivity contribution in [1.29, 1.82) is 0 Å². The van der Waals surface area contributed by atoms with Crippen LogP contribution in [0.5, 0.6) is 0 Å². The first-order valence-corrected chi connectivity index (χ1v) is 9.06. The van der Waals surface area contributed by atoms with Crippen molar-refractivity contribution in [1.82, 2.24) is 0 Å². The summed E-state index contributed by atoms with van der Waals surface area (Å²) in [6.45, 7) is 2.00. The number of hydrogen-bond acceptors (Lipinski definition) is 8. The van der Waals surface area contributed by atoms with Crippen LogP contribution in [-0.4, -0.2) is 41.4 Å². The SMILES string of the molecule is CCCOC(=O)C1=C[C@@H]2C(=O)O[C@@H]1C1C(=O)N(c3ccc([N+](=O)[O-])cc3)C(=O)C12. The molecule has 0 spiro atoms. The molecule has 2 fully saturated rings. The van der Waals surface area contributed by atoms with Gasteiger partial charge in [0.2, 0.25) is 11.8 Å². The number of ether oxygens (including phenoxy) is 2. The fourth-order valence-corrected chi connectivity index (χ4v) is 3.99. The van der Waals surface area contributed by atoms with Gasteiger partial charge in [-0.25, -0.2) is 9.69 Å². The van der Waals surface area contributed by atoms with E-state index >= 15 is 0 Å². The summed E-state index contributed by atoms with van der Waals surface area (Å²) >= 11 is 0. The van der Waals surface area contributed by atoms with Gasteiger partial charge in [-0.1, -0.05) is 13.0 Å². The molecule has 4 aliphatic rings. The molecular weight excluding hydrogens is 384 g/mol. The predicted molar refractivity (Wildman–Crippen MR) is 95.3 cm³/mol. The normalized spacial score (nSPS) is 27.4. The van der Waals surface area contributed by atoms with Crippen molar-refractivity contribution in [2.75, 3.05) is 11.5 Å². The summed E-state index contributed by atoms with van der Waals surface area (Å²) in [5.41, 5.74) is 0.0319. The number of benzene rings is 1. The van der Waals surface area contributed by atoms with Gasteiger partial charge in [0.15, 0.2) is 0 Å². The molecule has 10 heteroatoms. The van der Waals surface area contributed by atoms with E-state index in [1.54, 1.807) is 0 Å². The minimum Gasteiger partial charge on any atom is -0.462 e. The van der Waals surface area contributed by atoms with Crippen molar-refractivity contribution in [2.45, 2.75) is 19.4 Å². The molecule has 1 aromatic rings. The Labute approximate surface area is 164 Å². The van der Waals surface area contributed by atoms with Crippen molar-refractivity contribution in [3.63, 3.8) is 0 Å². The van der Waals surface area contributed by atoms with E-state index in [4.69, 9.17) is 9.47 Å². The van der Waals surface area contributed by atoms with Crippen molar-refractivity contribution >= 4 is 35.1 Å². The maximum absolute atomic E-state index is 13.0. The lowest BCUT2D eigenvalue weighted by Crippen LogP contribution is -2.52. The number of nitro benzene ring substituents is 1. The highest BCUT2D eigenvalue weighted by molar-refractivity contribution is 6.24. The predicted octanol–water partition coefficient (Wildman–Crippen LogP) is 1.14. The molecule has 2 saturated heterocycles. The minimum absolute atomic E-state index is 0.0657. The molecule has 2 unspecified atom stereocenters. The van der Waals surface area contributed by atoms with E-state index in [2.05, 4.69) is 0 Å². The van der Waals surface area contributed by atoms with Crippen LogP contribution in [0, 0.1) is 27.9 Å². The Bertz CT molecular complexity index is 967. The van der Waals surface area contributed by atoms with Gasteiger partial charge < -0.3 is 9.47 Å². The molecule has 150 valence electrons. The van der Waals surface area contributed by atoms with Crippen LogP contribution in [0.25, 0.3) is 0 Å². The number of esters is 2. The second-order valence-corrected chi connectivity index (χ2v) is 6.98. The van der Waals surface area contributed by atoms with Crippen LogP contribution in [0.4, 0.5) is 11.4 Å². The molecule has 1 aromatic carbocycles. The maximum atomic E-state index is 13.0. The molecule has 4 atom stereocenters. The fraction of sp³-hybridized carbons (Fsp3) is 0.368. The molecule has 5 rings (SSSR count). The van der Waals surface area contributed by atoms with Crippen LogP contribution in [-0.2, 0) is 28.7 Å². The molecule has 10 nitrogen and oxygen atoms in total. The Kier molecular flexibility index (Phi) is 4.40. The zero-order valence-electron chi connectivity index (χ0n) is 15.3. The quantitative estimate of drug-likeness (QED) is 0.311. The molecule has 0 radical (unpaired) electrons. The van der Waals surface area contributed by atoms with Crippen LogP contribution in [0.1, 0.15) is 13.3 Å². The molecule has 1 aliphatic carbocycles. The highest BCUT2D eigenvalue weighted by atomic mass is 16.6. The van der Waals surface area contributed by atoms with Gasteiger partial charge >= 0.3 is 11.9 Å². The average Bonchev–Trinajstić information content (AvgIpc) is 2.98. The molecule has 2 bridgehead atoms. The van der Waals surface area contributed by atoms with Crippen LogP contribution in [0.15, 0.2) is 35.9 Å². The number of carbonyl (C=O) groups excluding carboxylic acids is 4. The van der Waals surface area contributed by atoms with E-state index in [0.717, 1.165) is 4.90 Å². The monoisotopic (exact) mass is 400 g/mol. The molecule has 2 amide bonds. The number of amides is 2. The number of imide groups is 1. The third kappa shape index (κ3) is 2.79. The molecule has 29 heavy (non-hydrogen) atoms.